The normalized spacial score (nSPS) is 10.5. The number of aromatic nitrogens is 1. The molecule has 1 N–H and O–H groups in total. The first-order valence-electron chi connectivity index (χ1n) is 5.97. The van der Waals surface area contributed by atoms with Crippen LogP contribution >= 0.6 is 0 Å². The zero-order chi connectivity index (χ0) is 14.4. The number of hydrogen-bond acceptors (Lipinski definition) is 4. The third-order valence-corrected chi connectivity index (χ3v) is 2.55. The molecule has 1 rings (SSSR count). The van der Waals surface area contributed by atoms with Crippen LogP contribution in [0.3, 0.4) is 0 Å². The summed E-state index contributed by atoms with van der Waals surface area (Å²) in [5.41, 5.74) is 1.29. The molecule has 0 aliphatic rings. The quantitative estimate of drug-likeness (QED) is 0.809. The molecule has 1 aromatic heterocycles. The number of nitrogens with zero attached hydrogens (tertiary/aromatic N) is 3. The molecular formula is C13H19N3O3. The van der Waals surface area contributed by atoms with E-state index < -0.39 is 5.97 Å². The van der Waals surface area contributed by atoms with Gasteiger partial charge in [0.25, 0.3) is 5.91 Å². The Morgan fingerprint density at radius 2 is 1.95 bits per heavy atom. The van der Waals surface area contributed by atoms with Crippen molar-refractivity contribution in [3.8, 4) is 0 Å². The van der Waals surface area contributed by atoms with Crippen molar-refractivity contribution < 1.29 is 14.7 Å². The lowest BCUT2D eigenvalue weighted by atomic mass is 10.2. The van der Waals surface area contributed by atoms with Crippen LogP contribution in [0.4, 0.5) is 0 Å². The highest BCUT2D eigenvalue weighted by Gasteiger charge is 2.18. The van der Waals surface area contributed by atoms with E-state index in [0.717, 1.165) is 5.56 Å². The van der Waals surface area contributed by atoms with Crippen LogP contribution in [0.1, 0.15) is 15.9 Å². The maximum atomic E-state index is 12.2. The summed E-state index contributed by atoms with van der Waals surface area (Å²) in [4.78, 5) is 30.3. The SMILES string of the molecule is Cc1cncc(C(=O)N(CCN(C)C)CC(=O)O)c1. The molecule has 104 valence electrons. The number of carboxylic acids is 1. The van der Waals surface area contributed by atoms with Crippen molar-refractivity contribution >= 4 is 11.9 Å². The standard InChI is InChI=1S/C13H19N3O3/c1-10-6-11(8-14-7-10)13(19)16(9-12(17)18)5-4-15(2)3/h6-8H,4-5,9H2,1-3H3,(H,17,18). The van der Waals surface area contributed by atoms with E-state index in [1.165, 1.54) is 11.1 Å². The molecule has 19 heavy (non-hydrogen) atoms. The number of carbonyl (C=O) groups is 2. The number of pyridine rings is 1. The van der Waals surface area contributed by atoms with Crippen LogP contribution in [0, 0.1) is 6.92 Å². The first kappa shape index (κ1) is 15.1. The Balaban J connectivity index is 2.83. The van der Waals surface area contributed by atoms with Crippen LogP contribution in [0.25, 0.3) is 0 Å². The molecule has 0 saturated heterocycles. The molecule has 0 aromatic carbocycles. The summed E-state index contributed by atoms with van der Waals surface area (Å²) in [5.74, 6) is -1.33. The second-order valence-electron chi connectivity index (χ2n) is 4.67. The fourth-order valence-electron chi connectivity index (χ4n) is 1.59. The van der Waals surface area contributed by atoms with E-state index >= 15 is 0 Å². The van der Waals surface area contributed by atoms with Gasteiger partial charge in [0.05, 0.1) is 5.56 Å². The van der Waals surface area contributed by atoms with Crippen molar-refractivity contribution in [3.63, 3.8) is 0 Å². The third kappa shape index (κ3) is 5.05. The second-order valence-corrected chi connectivity index (χ2v) is 4.67. The highest BCUT2D eigenvalue weighted by atomic mass is 16.4. The van der Waals surface area contributed by atoms with Gasteiger partial charge in [0.1, 0.15) is 6.54 Å². The van der Waals surface area contributed by atoms with Crippen LogP contribution in [-0.4, -0.2) is 65.5 Å². The maximum absolute atomic E-state index is 12.2. The van der Waals surface area contributed by atoms with Gasteiger partial charge in [-0.05, 0) is 32.6 Å². The Bertz CT molecular complexity index is 460. The van der Waals surface area contributed by atoms with E-state index in [9.17, 15) is 9.59 Å². The van der Waals surface area contributed by atoms with Crippen molar-refractivity contribution in [2.75, 3.05) is 33.7 Å². The first-order valence-corrected chi connectivity index (χ1v) is 5.97. The Kier molecular flexibility index (Phi) is 5.44. The Hall–Kier alpha value is -1.95. The molecule has 0 spiro atoms. The molecule has 1 heterocycles. The second kappa shape index (κ2) is 6.84. The van der Waals surface area contributed by atoms with Crippen LogP contribution in [0.15, 0.2) is 18.5 Å². The number of amides is 1. The summed E-state index contributed by atoms with van der Waals surface area (Å²) in [6.45, 7) is 2.51. The topological polar surface area (TPSA) is 73.7 Å². The van der Waals surface area contributed by atoms with Crippen LogP contribution in [0.2, 0.25) is 0 Å². The molecule has 0 aliphatic carbocycles. The van der Waals surface area contributed by atoms with E-state index in [2.05, 4.69) is 4.98 Å². The van der Waals surface area contributed by atoms with Crippen LogP contribution < -0.4 is 0 Å². The van der Waals surface area contributed by atoms with Gasteiger partial charge in [-0.15, -0.1) is 0 Å². The molecule has 0 unspecified atom stereocenters. The van der Waals surface area contributed by atoms with Crippen molar-refractivity contribution in [3.05, 3.63) is 29.6 Å². The molecule has 6 nitrogen and oxygen atoms in total. The van der Waals surface area contributed by atoms with Crippen molar-refractivity contribution in [2.45, 2.75) is 6.92 Å². The molecule has 0 aliphatic heterocycles. The fraction of sp³-hybridized carbons (Fsp3) is 0.462. The molecular weight excluding hydrogens is 246 g/mol. The Morgan fingerprint density at radius 3 is 2.47 bits per heavy atom. The lowest BCUT2D eigenvalue weighted by molar-refractivity contribution is -0.137. The van der Waals surface area contributed by atoms with Crippen molar-refractivity contribution in [1.29, 1.82) is 0 Å². The highest BCUT2D eigenvalue weighted by Crippen LogP contribution is 2.06. The van der Waals surface area contributed by atoms with Gasteiger partial charge in [-0.1, -0.05) is 0 Å². The number of aliphatic carboxylic acids is 1. The summed E-state index contributed by atoms with van der Waals surface area (Å²) in [5, 5.41) is 8.88. The lowest BCUT2D eigenvalue weighted by Crippen LogP contribution is -2.40. The summed E-state index contributed by atoms with van der Waals surface area (Å²) < 4.78 is 0. The number of carbonyl (C=O) groups excluding carboxylic acids is 1. The van der Waals surface area contributed by atoms with Crippen LogP contribution in [0.5, 0.6) is 0 Å². The zero-order valence-electron chi connectivity index (χ0n) is 11.5. The largest absolute Gasteiger partial charge is 0.480 e. The minimum atomic E-state index is -1.02. The van der Waals surface area contributed by atoms with E-state index in [-0.39, 0.29) is 12.5 Å². The number of aryl methyl sites for hydroxylation is 1. The summed E-state index contributed by atoms with van der Waals surface area (Å²) >= 11 is 0. The lowest BCUT2D eigenvalue weighted by Gasteiger charge is -2.22. The van der Waals surface area contributed by atoms with E-state index in [4.69, 9.17) is 5.11 Å². The predicted molar refractivity (Wildman–Crippen MR) is 71.1 cm³/mol. The van der Waals surface area contributed by atoms with E-state index in [1.807, 2.05) is 25.9 Å². The number of rotatable bonds is 6. The molecule has 0 bridgehead atoms. The highest BCUT2D eigenvalue weighted by molar-refractivity contribution is 5.95. The van der Waals surface area contributed by atoms with Gasteiger partial charge >= 0.3 is 5.97 Å². The smallest absolute Gasteiger partial charge is 0.323 e. The van der Waals surface area contributed by atoms with Crippen molar-refractivity contribution in [2.24, 2.45) is 0 Å². The molecule has 0 saturated carbocycles. The number of carboxylic acid groups (broad SMARTS) is 1. The van der Waals surface area contributed by atoms with Crippen LogP contribution in [-0.2, 0) is 4.79 Å². The molecule has 1 amide bonds. The fourth-order valence-corrected chi connectivity index (χ4v) is 1.59. The minimum absolute atomic E-state index is 0.305. The average molecular weight is 265 g/mol. The molecule has 0 atom stereocenters. The third-order valence-electron chi connectivity index (χ3n) is 2.55. The Morgan fingerprint density at radius 1 is 1.26 bits per heavy atom. The van der Waals surface area contributed by atoms with E-state index in [1.54, 1.807) is 12.3 Å². The van der Waals surface area contributed by atoms with Gasteiger partial charge in [-0.25, -0.2) is 0 Å². The van der Waals surface area contributed by atoms with Gasteiger partial charge in [-0.3, -0.25) is 14.6 Å². The Labute approximate surface area is 112 Å². The predicted octanol–water partition coefficient (Wildman–Crippen LogP) is 0.478. The average Bonchev–Trinajstić information content (AvgIpc) is 2.33. The molecule has 1 aromatic rings. The molecule has 0 fully saturated rings. The maximum Gasteiger partial charge on any atom is 0.323 e. The summed E-state index contributed by atoms with van der Waals surface area (Å²) in [7, 11) is 3.75. The monoisotopic (exact) mass is 265 g/mol. The van der Waals surface area contributed by atoms with Gasteiger partial charge in [0.15, 0.2) is 0 Å². The van der Waals surface area contributed by atoms with Crippen molar-refractivity contribution in [1.82, 2.24) is 14.8 Å². The minimum Gasteiger partial charge on any atom is -0.480 e. The summed E-state index contributed by atoms with van der Waals surface area (Å²) in [6.07, 6.45) is 3.11. The van der Waals surface area contributed by atoms with E-state index in [0.29, 0.717) is 18.7 Å². The van der Waals surface area contributed by atoms with Gasteiger partial charge in [0.2, 0.25) is 0 Å². The number of likely N-dealkylation sites (N-methyl/N-ethyl adjacent to an activating group) is 1. The molecule has 0 radical (unpaired) electrons. The van der Waals surface area contributed by atoms with Gasteiger partial charge in [-0.2, -0.15) is 0 Å². The zero-order valence-corrected chi connectivity index (χ0v) is 11.5. The molecule has 6 heteroatoms. The number of hydrogen-bond donors (Lipinski definition) is 1. The first-order chi connectivity index (χ1) is 8.90. The summed E-state index contributed by atoms with van der Waals surface area (Å²) in [6, 6.07) is 1.71. The van der Waals surface area contributed by atoms with Gasteiger partial charge in [0, 0.05) is 25.5 Å². The van der Waals surface area contributed by atoms with Gasteiger partial charge < -0.3 is 14.9 Å².